The molecule has 0 radical (unpaired) electrons. The average Bonchev–Trinajstić information content (AvgIpc) is 3.45. The van der Waals surface area contributed by atoms with Crippen LogP contribution in [0.1, 0.15) is 32.8 Å². The van der Waals surface area contributed by atoms with Gasteiger partial charge in [-0.1, -0.05) is 26.0 Å². The smallest absolute Gasteiger partial charge is 0.321 e. The van der Waals surface area contributed by atoms with E-state index in [9.17, 15) is 29.1 Å². The lowest BCUT2D eigenvalue weighted by molar-refractivity contribution is -0.142. The topological polar surface area (TPSA) is 221 Å². The van der Waals surface area contributed by atoms with E-state index >= 15 is 0 Å². The molecule has 15 heteroatoms. The Bertz CT molecular complexity index is 1180. The van der Waals surface area contributed by atoms with Gasteiger partial charge in [-0.15, -0.1) is 0 Å². The SMILES string of the molecule is CNC(C)C(=O)NC(C(=O)N1CC(N(N)/C=C(\N)COc2ccc(CC(NC)C(=O)O)cc2)CC1C(=O)NCC=O)C(C)C. The van der Waals surface area contributed by atoms with Gasteiger partial charge in [0.2, 0.25) is 17.7 Å². The number of aliphatic carboxylic acids is 1. The Morgan fingerprint density at radius 2 is 1.80 bits per heavy atom. The van der Waals surface area contributed by atoms with Crippen molar-refractivity contribution in [2.45, 2.75) is 63.8 Å². The molecular weight excluding hydrogens is 572 g/mol. The van der Waals surface area contributed by atoms with E-state index in [1.807, 2.05) is 0 Å². The maximum atomic E-state index is 13.7. The summed E-state index contributed by atoms with van der Waals surface area (Å²) in [6.45, 7) is 5.12. The van der Waals surface area contributed by atoms with Gasteiger partial charge in [0.25, 0.3) is 0 Å². The number of hydrogen-bond acceptors (Lipinski definition) is 11. The Labute approximate surface area is 257 Å². The number of nitrogens with zero attached hydrogens (tertiary/aromatic N) is 2. The number of carbonyl (C=O) groups is 5. The molecule has 1 aliphatic heterocycles. The van der Waals surface area contributed by atoms with Crippen LogP contribution in [0.5, 0.6) is 5.75 Å². The number of ether oxygens (including phenoxy) is 1. The minimum absolute atomic E-state index is 0.00890. The van der Waals surface area contributed by atoms with E-state index in [0.717, 1.165) is 5.56 Å². The summed E-state index contributed by atoms with van der Waals surface area (Å²) in [6, 6.07) is 3.41. The van der Waals surface area contributed by atoms with Gasteiger partial charge in [-0.25, -0.2) is 5.84 Å². The molecule has 5 unspecified atom stereocenters. The average molecular weight is 619 g/mol. The zero-order valence-corrected chi connectivity index (χ0v) is 25.9. The molecular formula is C29H46N8O7. The zero-order valence-electron chi connectivity index (χ0n) is 25.9. The summed E-state index contributed by atoms with van der Waals surface area (Å²) in [4.78, 5) is 62.7. The van der Waals surface area contributed by atoms with Gasteiger partial charge in [-0.3, -0.25) is 19.2 Å². The Hall–Kier alpha value is -4.21. The monoisotopic (exact) mass is 618 g/mol. The molecule has 244 valence electrons. The van der Waals surface area contributed by atoms with E-state index in [2.05, 4.69) is 21.3 Å². The highest BCUT2D eigenvalue weighted by molar-refractivity contribution is 5.94. The van der Waals surface area contributed by atoms with Crippen molar-refractivity contribution >= 4 is 30.0 Å². The highest BCUT2D eigenvalue weighted by Crippen LogP contribution is 2.24. The van der Waals surface area contributed by atoms with E-state index in [0.29, 0.717) is 18.5 Å². The number of likely N-dealkylation sites (tertiary alicyclic amines) is 1. The minimum atomic E-state index is -0.939. The van der Waals surface area contributed by atoms with Crippen LogP contribution in [0.25, 0.3) is 0 Å². The fraction of sp³-hybridized carbons (Fsp3) is 0.552. The van der Waals surface area contributed by atoms with Gasteiger partial charge >= 0.3 is 5.97 Å². The standard InChI is InChI=1S/C29H46N8O7/c1-17(2)25(35-26(39)18(3)32-4)28(41)36-15-21(13-24(36)27(40)34-10-11-38)37(31)14-20(30)16-44-22-8-6-19(7-9-22)12-23(33-5)29(42)43/h6-9,11,14,17-18,21,23-25,32-33H,10,12-13,15-16,30-31H2,1-5H3,(H,34,40)(H,35,39)(H,42,43)/b20-14-. The molecule has 1 aromatic rings. The second kappa shape index (κ2) is 17.2. The highest BCUT2D eigenvalue weighted by Gasteiger charge is 2.44. The Balaban J connectivity index is 2.12. The predicted molar refractivity (Wildman–Crippen MR) is 163 cm³/mol. The summed E-state index contributed by atoms with van der Waals surface area (Å²) < 4.78 is 5.74. The van der Waals surface area contributed by atoms with E-state index < -0.39 is 48.0 Å². The molecule has 1 fully saturated rings. The number of nitrogens with two attached hydrogens (primary N) is 2. The van der Waals surface area contributed by atoms with Crippen molar-refractivity contribution in [2.75, 3.05) is 33.8 Å². The quantitative estimate of drug-likeness (QED) is 0.0589. The van der Waals surface area contributed by atoms with Gasteiger partial charge in [0.15, 0.2) is 0 Å². The van der Waals surface area contributed by atoms with Crippen molar-refractivity contribution < 1.29 is 33.8 Å². The molecule has 0 saturated carbocycles. The van der Waals surface area contributed by atoms with Crippen molar-refractivity contribution in [3.8, 4) is 5.75 Å². The molecule has 1 heterocycles. The molecule has 2 rings (SSSR count). The molecule has 15 nitrogen and oxygen atoms in total. The fourth-order valence-corrected chi connectivity index (χ4v) is 4.65. The van der Waals surface area contributed by atoms with Crippen molar-refractivity contribution in [2.24, 2.45) is 17.5 Å². The second-order valence-corrected chi connectivity index (χ2v) is 11.0. The third-order valence-electron chi connectivity index (χ3n) is 7.43. The number of carbonyl (C=O) groups excluding carboxylic acids is 4. The predicted octanol–water partition coefficient (Wildman–Crippen LogP) is -1.71. The summed E-state index contributed by atoms with van der Waals surface area (Å²) in [5.74, 6) is 4.32. The van der Waals surface area contributed by atoms with Gasteiger partial charge < -0.3 is 51.5 Å². The van der Waals surface area contributed by atoms with E-state index in [-0.39, 0.29) is 43.6 Å². The number of rotatable bonds is 17. The molecule has 0 aliphatic carbocycles. The van der Waals surface area contributed by atoms with Crippen LogP contribution in [0.2, 0.25) is 0 Å². The first-order valence-corrected chi connectivity index (χ1v) is 14.4. The van der Waals surface area contributed by atoms with Crippen molar-refractivity contribution in [3.05, 3.63) is 41.7 Å². The number of amides is 3. The number of aldehydes is 1. The molecule has 0 aromatic heterocycles. The van der Waals surface area contributed by atoms with Crippen LogP contribution in [-0.2, 0) is 30.4 Å². The van der Waals surface area contributed by atoms with Crippen LogP contribution in [0.3, 0.4) is 0 Å². The largest absolute Gasteiger partial charge is 0.487 e. The fourth-order valence-electron chi connectivity index (χ4n) is 4.65. The van der Waals surface area contributed by atoms with Gasteiger partial charge in [0.1, 0.15) is 36.8 Å². The lowest BCUT2D eigenvalue weighted by atomic mass is 10.0. The summed E-state index contributed by atoms with van der Waals surface area (Å²) in [5, 5.41) is 21.4. The van der Waals surface area contributed by atoms with Crippen LogP contribution < -0.4 is 37.6 Å². The van der Waals surface area contributed by atoms with Gasteiger partial charge in [-0.05, 0) is 51.1 Å². The van der Waals surface area contributed by atoms with Crippen LogP contribution in [0.4, 0.5) is 0 Å². The van der Waals surface area contributed by atoms with Crippen molar-refractivity contribution in [1.29, 1.82) is 0 Å². The first kappa shape index (κ1) is 36.0. The number of carboxylic acids is 1. The van der Waals surface area contributed by atoms with Gasteiger partial charge in [0, 0.05) is 19.2 Å². The Morgan fingerprint density at radius 3 is 2.34 bits per heavy atom. The maximum Gasteiger partial charge on any atom is 0.321 e. The van der Waals surface area contributed by atoms with E-state index in [1.54, 1.807) is 59.1 Å². The summed E-state index contributed by atoms with van der Waals surface area (Å²) in [5.41, 5.74) is 7.26. The molecule has 44 heavy (non-hydrogen) atoms. The number of nitrogens with one attached hydrogen (secondary N) is 4. The summed E-state index contributed by atoms with van der Waals surface area (Å²) >= 11 is 0. The molecule has 5 atom stereocenters. The number of benzene rings is 1. The lowest BCUT2D eigenvalue weighted by Crippen LogP contribution is -2.57. The maximum absolute atomic E-state index is 13.7. The van der Waals surface area contributed by atoms with Crippen molar-refractivity contribution in [3.63, 3.8) is 0 Å². The number of hydrogen-bond donors (Lipinski definition) is 7. The molecule has 1 aromatic carbocycles. The van der Waals surface area contributed by atoms with Crippen LogP contribution in [-0.4, -0.2) is 109 Å². The van der Waals surface area contributed by atoms with Crippen LogP contribution >= 0.6 is 0 Å². The first-order valence-electron chi connectivity index (χ1n) is 14.4. The number of likely N-dealkylation sites (N-methyl/N-ethyl adjacent to an activating group) is 2. The third-order valence-corrected chi connectivity index (χ3v) is 7.43. The first-order chi connectivity index (χ1) is 20.8. The number of hydrazine groups is 1. The Morgan fingerprint density at radius 1 is 1.14 bits per heavy atom. The number of carboxylic acid groups (broad SMARTS) is 1. The summed E-state index contributed by atoms with van der Waals surface area (Å²) in [6.07, 6.45) is 2.49. The van der Waals surface area contributed by atoms with Gasteiger partial charge in [0.05, 0.1) is 24.3 Å². The third kappa shape index (κ3) is 10.2. The van der Waals surface area contributed by atoms with E-state index in [1.165, 1.54) is 16.1 Å². The highest BCUT2D eigenvalue weighted by atomic mass is 16.5. The molecule has 3 amide bonds. The molecule has 9 N–H and O–H groups in total. The molecule has 1 aliphatic rings. The lowest BCUT2D eigenvalue weighted by Gasteiger charge is -2.31. The van der Waals surface area contributed by atoms with Crippen LogP contribution in [0, 0.1) is 5.92 Å². The van der Waals surface area contributed by atoms with Gasteiger partial charge in [-0.2, -0.15) is 0 Å². The molecule has 0 spiro atoms. The summed E-state index contributed by atoms with van der Waals surface area (Å²) in [7, 11) is 3.22. The normalized spacial score (nSPS) is 18.7. The molecule has 0 bridgehead atoms. The van der Waals surface area contributed by atoms with E-state index in [4.69, 9.17) is 16.3 Å². The second-order valence-electron chi connectivity index (χ2n) is 11.0. The molecule has 1 saturated heterocycles. The van der Waals surface area contributed by atoms with Crippen molar-refractivity contribution in [1.82, 2.24) is 31.2 Å². The Kier molecular flexibility index (Phi) is 14.0. The zero-order chi connectivity index (χ0) is 33.0. The minimum Gasteiger partial charge on any atom is -0.487 e. The van der Waals surface area contributed by atoms with Crippen LogP contribution in [0.15, 0.2) is 36.2 Å².